The molecule has 0 aliphatic carbocycles. The first-order valence-corrected chi connectivity index (χ1v) is 8.65. The van der Waals surface area contributed by atoms with Gasteiger partial charge in [0.15, 0.2) is 0 Å². The van der Waals surface area contributed by atoms with Crippen LogP contribution in [0.2, 0.25) is 5.02 Å². The number of hydrogen-bond acceptors (Lipinski definition) is 2. The minimum atomic E-state index is 0.00302. The molecule has 0 fully saturated rings. The van der Waals surface area contributed by atoms with E-state index < -0.39 is 0 Å². The fourth-order valence-corrected chi connectivity index (χ4v) is 3.07. The summed E-state index contributed by atoms with van der Waals surface area (Å²) in [6.07, 6.45) is 0. The van der Waals surface area contributed by atoms with Crippen LogP contribution in [0.5, 0.6) is 0 Å². The van der Waals surface area contributed by atoms with E-state index in [-0.39, 0.29) is 5.91 Å². The Hall–Kier alpha value is -2.36. The van der Waals surface area contributed by atoms with Crippen molar-refractivity contribution in [2.75, 3.05) is 13.6 Å². The van der Waals surface area contributed by atoms with Gasteiger partial charge in [0.05, 0.1) is 6.54 Å². The maximum atomic E-state index is 12.1. The van der Waals surface area contributed by atoms with Gasteiger partial charge in [-0.1, -0.05) is 60.1 Å². The second-order valence-electron chi connectivity index (χ2n) is 6.26. The molecule has 0 unspecified atom stereocenters. The van der Waals surface area contributed by atoms with E-state index in [1.54, 1.807) is 0 Å². The van der Waals surface area contributed by atoms with Gasteiger partial charge in [0.25, 0.3) is 0 Å². The molecule has 0 saturated carbocycles. The first kappa shape index (κ1) is 17.5. The third kappa shape index (κ3) is 5.05. The molecular weight excluding hydrogens is 332 g/mol. The molecule has 0 radical (unpaired) electrons. The summed E-state index contributed by atoms with van der Waals surface area (Å²) in [6.45, 7) is 1.58. The Morgan fingerprint density at radius 2 is 1.76 bits per heavy atom. The molecule has 0 bridgehead atoms. The molecule has 0 atom stereocenters. The fourth-order valence-electron chi connectivity index (χ4n) is 2.85. The van der Waals surface area contributed by atoms with Crippen LogP contribution in [-0.2, 0) is 17.9 Å². The number of likely N-dealkylation sites (N-methyl/N-ethyl adjacent to an activating group) is 1. The number of hydrogen-bond donors (Lipinski definition) is 1. The average Bonchev–Trinajstić information content (AvgIpc) is 2.60. The number of nitrogens with one attached hydrogen (secondary N) is 1. The third-order valence-electron chi connectivity index (χ3n) is 4.06. The van der Waals surface area contributed by atoms with E-state index in [0.29, 0.717) is 18.1 Å². The van der Waals surface area contributed by atoms with Crippen molar-refractivity contribution in [3.05, 3.63) is 82.9 Å². The Bertz CT molecular complexity index is 878. The molecule has 3 aromatic rings. The van der Waals surface area contributed by atoms with Crippen molar-refractivity contribution in [2.45, 2.75) is 13.1 Å². The van der Waals surface area contributed by atoms with E-state index in [4.69, 9.17) is 11.6 Å². The number of benzene rings is 3. The molecule has 25 heavy (non-hydrogen) atoms. The minimum absolute atomic E-state index is 0.00302. The van der Waals surface area contributed by atoms with Crippen LogP contribution in [0.3, 0.4) is 0 Å². The van der Waals surface area contributed by atoms with Crippen molar-refractivity contribution in [1.82, 2.24) is 10.2 Å². The molecule has 0 aliphatic rings. The van der Waals surface area contributed by atoms with Crippen LogP contribution in [0.15, 0.2) is 66.7 Å². The normalized spacial score (nSPS) is 11.0. The van der Waals surface area contributed by atoms with Gasteiger partial charge in [-0.05, 0) is 47.1 Å². The van der Waals surface area contributed by atoms with E-state index in [1.807, 2.05) is 48.3 Å². The van der Waals surface area contributed by atoms with Crippen LogP contribution >= 0.6 is 11.6 Å². The summed E-state index contributed by atoms with van der Waals surface area (Å²) in [5, 5.41) is 6.06. The minimum Gasteiger partial charge on any atom is -0.351 e. The zero-order chi connectivity index (χ0) is 17.6. The lowest BCUT2D eigenvalue weighted by atomic mass is 10.1. The number of carbonyl (C=O) groups excluding carboxylic acids is 1. The third-order valence-corrected chi connectivity index (χ3v) is 4.29. The van der Waals surface area contributed by atoms with Crippen molar-refractivity contribution < 1.29 is 4.79 Å². The first-order valence-electron chi connectivity index (χ1n) is 8.27. The largest absolute Gasteiger partial charge is 0.351 e. The van der Waals surface area contributed by atoms with Crippen LogP contribution in [0.25, 0.3) is 10.8 Å². The molecule has 4 heteroatoms. The molecule has 1 amide bonds. The molecule has 0 aliphatic heterocycles. The Morgan fingerprint density at radius 3 is 2.56 bits per heavy atom. The van der Waals surface area contributed by atoms with Crippen LogP contribution < -0.4 is 5.32 Å². The predicted octanol–water partition coefficient (Wildman–Crippen LogP) is 4.24. The van der Waals surface area contributed by atoms with E-state index in [1.165, 1.54) is 16.3 Å². The fraction of sp³-hybridized carbons (Fsp3) is 0.190. The second-order valence-corrected chi connectivity index (χ2v) is 6.70. The predicted molar refractivity (Wildman–Crippen MR) is 104 cm³/mol. The van der Waals surface area contributed by atoms with Gasteiger partial charge in [-0.25, -0.2) is 0 Å². The maximum absolute atomic E-state index is 12.1. The summed E-state index contributed by atoms with van der Waals surface area (Å²) >= 11 is 5.96. The summed E-state index contributed by atoms with van der Waals surface area (Å²) < 4.78 is 0. The summed E-state index contributed by atoms with van der Waals surface area (Å²) in [7, 11) is 1.95. The lowest BCUT2D eigenvalue weighted by molar-refractivity contribution is -0.122. The zero-order valence-electron chi connectivity index (χ0n) is 14.2. The van der Waals surface area contributed by atoms with E-state index >= 15 is 0 Å². The number of fused-ring (bicyclic) bond motifs is 1. The molecular formula is C21H21ClN2O. The van der Waals surface area contributed by atoms with Gasteiger partial charge in [-0.2, -0.15) is 0 Å². The zero-order valence-corrected chi connectivity index (χ0v) is 15.0. The highest BCUT2D eigenvalue weighted by molar-refractivity contribution is 6.30. The van der Waals surface area contributed by atoms with Crippen LogP contribution in [-0.4, -0.2) is 24.4 Å². The van der Waals surface area contributed by atoms with Crippen molar-refractivity contribution >= 4 is 28.3 Å². The van der Waals surface area contributed by atoms with Gasteiger partial charge in [-0.15, -0.1) is 0 Å². The molecule has 3 nitrogen and oxygen atoms in total. The van der Waals surface area contributed by atoms with Crippen molar-refractivity contribution in [1.29, 1.82) is 0 Å². The number of nitrogens with zero attached hydrogens (tertiary/aromatic N) is 1. The molecule has 0 spiro atoms. The van der Waals surface area contributed by atoms with E-state index in [2.05, 4.69) is 35.6 Å². The standard InChI is InChI=1S/C21H21ClN2O/c1-24(14-17-9-10-18-6-2-3-7-19(18)11-17)15-21(25)23-13-16-5-4-8-20(22)12-16/h2-12H,13-15H2,1H3,(H,23,25). The van der Waals surface area contributed by atoms with Gasteiger partial charge in [0.2, 0.25) is 5.91 Å². The van der Waals surface area contributed by atoms with Gasteiger partial charge in [0.1, 0.15) is 0 Å². The summed E-state index contributed by atoms with van der Waals surface area (Å²) in [5.41, 5.74) is 2.20. The van der Waals surface area contributed by atoms with E-state index in [9.17, 15) is 4.79 Å². The Labute approximate surface area is 153 Å². The summed E-state index contributed by atoms with van der Waals surface area (Å²) in [6, 6.07) is 22.2. The highest BCUT2D eigenvalue weighted by atomic mass is 35.5. The molecule has 0 saturated heterocycles. The van der Waals surface area contributed by atoms with Gasteiger partial charge >= 0.3 is 0 Å². The lowest BCUT2D eigenvalue weighted by Crippen LogP contribution is -2.34. The van der Waals surface area contributed by atoms with Crippen molar-refractivity contribution in [3.63, 3.8) is 0 Å². The Kier molecular flexibility index (Phi) is 5.69. The molecule has 0 aromatic heterocycles. The van der Waals surface area contributed by atoms with Crippen LogP contribution in [0.4, 0.5) is 0 Å². The summed E-state index contributed by atoms with van der Waals surface area (Å²) in [4.78, 5) is 14.1. The van der Waals surface area contributed by atoms with Crippen LogP contribution in [0.1, 0.15) is 11.1 Å². The van der Waals surface area contributed by atoms with Crippen LogP contribution in [0, 0.1) is 0 Å². The van der Waals surface area contributed by atoms with Gasteiger partial charge in [-0.3, -0.25) is 9.69 Å². The van der Waals surface area contributed by atoms with Crippen molar-refractivity contribution in [2.24, 2.45) is 0 Å². The maximum Gasteiger partial charge on any atom is 0.234 e. The molecule has 0 heterocycles. The van der Waals surface area contributed by atoms with Gasteiger partial charge < -0.3 is 5.32 Å². The molecule has 128 valence electrons. The van der Waals surface area contributed by atoms with E-state index in [0.717, 1.165) is 12.1 Å². The average molecular weight is 353 g/mol. The number of carbonyl (C=O) groups is 1. The van der Waals surface area contributed by atoms with Crippen molar-refractivity contribution in [3.8, 4) is 0 Å². The van der Waals surface area contributed by atoms with Gasteiger partial charge in [0, 0.05) is 18.1 Å². The highest BCUT2D eigenvalue weighted by Gasteiger charge is 2.07. The molecule has 3 aromatic carbocycles. The lowest BCUT2D eigenvalue weighted by Gasteiger charge is -2.17. The SMILES string of the molecule is CN(CC(=O)NCc1cccc(Cl)c1)Cc1ccc2ccccc2c1. The summed E-state index contributed by atoms with van der Waals surface area (Å²) in [5.74, 6) is 0.00302. The second kappa shape index (κ2) is 8.15. The Balaban J connectivity index is 1.52. The number of rotatable bonds is 6. The number of amides is 1. The monoisotopic (exact) mass is 352 g/mol. The Morgan fingerprint density at radius 1 is 0.960 bits per heavy atom. The topological polar surface area (TPSA) is 32.3 Å². The smallest absolute Gasteiger partial charge is 0.234 e. The molecule has 3 rings (SSSR count). The quantitative estimate of drug-likeness (QED) is 0.719. The number of halogens is 1. The highest BCUT2D eigenvalue weighted by Crippen LogP contribution is 2.16. The molecule has 1 N–H and O–H groups in total. The first-order chi connectivity index (χ1) is 12.1.